The predicted octanol–water partition coefficient (Wildman–Crippen LogP) is 2.52. The molecule has 2 aromatic carbocycles. The lowest BCUT2D eigenvalue weighted by atomic mass is 9.66. The first-order valence-electron chi connectivity index (χ1n) is 21.2. The minimum atomic E-state index is -3.63. The van der Waals surface area contributed by atoms with Gasteiger partial charge in [-0.1, -0.05) is 12.1 Å². The maximum Gasteiger partial charge on any atom is 0.266 e. The Morgan fingerprint density at radius 3 is 2.45 bits per heavy atom. The molecule has 0 bridgehead atoms. The second-order valence-electron chi connectivity index (χ2n) is 16.9. The summed E-state index contributed by atoms with van der Waals surface area (Å²) in [5.74, 6) is -3.76. The molecule has 6 amide bonds. The van der Waals surface area contributed by atoms with Crippen LogP contribution in [0.25, 0.3) is 0 Å². The van der Waals surface area contributed by atoms with E-state index in [0.717, 1.165) is 36.9 Å². The van der Waals surface area contributed by atoms with Gasteiger partial charge < -0.3 is 26.4 Å². The van der Waals surface area contributed by atoms with Crippen molar-refractivity contribution in [3.8, 4) is 5.75 Å². The topological polar surface area (TPSA) is 255 Å². The lowest BCUT2D eigenvalue weighted by molar-refractivity contribution is -0.136. The number of hydrogen-bond acceptors (Lipinski definition) is 14. The minimum absolute atomic E-state index is 0.0133. The van der Waals surface area contributed by atoms with Crippen molar-refractivity contribution in [3.05, 3.63) is 69.6 Å². The average Bonchev–Trinajstić information content (AvgIpc) is 3.50. The van der Waals surface area contributed by atoms with E-state index in [-0.39, 0.29) is 108 Å². The van der Waals surface area contributed by atoms with E-state index in [2.05, 4.69) is 52.1 Å². The van der Waals surface area contributed by atoms with Crippen LogP contribution in [0.1, 0.15) is 82.4 Å². The van der Waals surface area contributed by atoms with Crippen molar-refractivity contribution in [2.45, 2.75) is 63.5 Å². The number of nitrogens with zero attached hydrogens (tertiary/aromatic N) is 5. The number of halogens is 2. The number of primary amides is 1. The normalized spacial score (nSPS) is 20.7. The van der Waals surface area contributed by atoms with Crippen molar-refractivity contribution in [1.29, 1.82) is 0 Å². The van der Waals surface area contributed by atoms with Crippen LogP contribution in [0.15, 0.2) is 47.1 Å². The number of nitrogens with two attached hydrogens (primary N) is 1. The number of ether oxygens (including phenoxy) is 1. The fourth-order valence-corrected chi connectivity index (χ4v) is 11.0. The van der Waals surface area contributed by atoms with E-state index in [1.54, 1.807) is 12.1 Å². The zero-order valence-corrected chi connectivity index (χ0v) is 37.1. The number of carbonyl (C=O) groups excluding carboxylic acids is 6. The Balaban J connectivity index is 0.728. The standard InChI is InChI=1S/C42H48BrFN10O9S/c43-27-21-47-41(51-36(27)49-29-5-2-4-28(44)34(29)35(45)56)48-25-11-16-53(17-12-25)64(61,62)20-15-46-37(57)24-9-13-42(14-10-24)22-52(23-42)18-19-63-31-6-1-3-26-33(31)40(60)54(39(26)59)30-7-8-32(55)50-38(30)58/h1-6,21,24-25,30H,7-20,22-23H2,(H2,45,56)(H,46,57)(H,50,55,58)(H2,47,48,49,51). The van der Waals surface area contributed by atoms with Gasteiger partial charge in [0.15, 0.2) is 0 Å². The van der Waals surface area contributed by atoms with Crippen LogP contribution in [0.4, 0.5) is 21.8 Å². The van der Waals surface area contributed by atoms with Crippen LogP contribution in [-0.4, -0.2) is 132 Å². The van der Waals surface area contributed by atoms with E-state index in [4.69, 9.17) is 10.5 Å². The zero-order chi connectivity index (χ0) is 45.3. The maximum absolute atomic E-state index is 14.3. The summed E-state index contributed by atoms with van der Waals surface area (Å²) in [4.78, 5) is 87.4. The van der Waals surface area contributed by atoms with E-state index in [0.29, 0.717) is 36.7 Å². The van der Waals surface area contributed by atoms with Crippen LogP contribution >= 0.6 is 15.9 Å². The van der Waals surface area contributed by atoms with Crippen molar-refractivity contribution in [1.82, 2.24) is 34.7 Å². The molecule has 4 fully saturated rings. The Kier molecular flexibility index (Phi) is 13.0. The number of aromatic nitrogens is 2. The second kappa shape index (κ2) is 18.5. The maximum atomic E-state index is 14.3. The summed E-state index contributed by atoms with van der Waals surface area (Å²) in [7, 11) is -3.63. The molecule has 22 heteroatoms. The van der Waals surface area contributed by atoms with Crippen LogP contribution in [0, 0.1) is 17.2 Å². The van der Waals surface area contributed by atoms with Gasteiger partial charge in [0.25, 0.3) is 17.7 Å². The van der Waals surface area contributed by atoms with E-state index in [1.807, 2.05) is 0 Å². The Labute approximate surface area is 376 Å². The van der Waals surface area contributed by atoms with Crippen molar-refractivity contribution in [3.63, 3.8) is 0 Å². The quantitative estimate of drug-likeness (QED) is 0.137. The van der Waals surface area contributed by atoms with Crippen molar-refractivity contribution in [2.24, 2.45) is 17.1 Å². The largest absolute Gasteiger partial charge is 0.491 e. The fourth-order valence-electron chi connectivity index (χ4n) is 9.33. The van der Waals surface area contributed by atoms with Crippen LogP contribution < -0.4 is 31.7 Å². The molecule has 5 aliphatic rings. The third kappa shape index (κ3) is 9.45. The highest BCUT2D eigenvalue weighted by Gasteiger charge is 2.47. The molecule has 19 nitrogen and oxygen atoms in total. The van der Waals surface area contributed by atoms with Gasteiger partial charge in [-0.3, -0.25) is 43.9 Å². The summed E-state index contributed by atoms with van der Waals surface area (Å²) < 4.78 is 48.7. The molecule has 6 N–H and O–H groups in total. The molecule has 64 heavy (non-hydrogen) atoms. The van der Waals surface area contributed by atoms with Crippen molar-refractivity contribution < 1.29 is 46.3 Å². The van der Waals surface area contributed by atoms with E-state index in [1.165, 1.54) is 28.7 Å². The van der Waals surface area contributed by atoms with Gasteiger partial charge in [0.1, 0.15) is 30.0 Å². The molecule has 5 heterocycles. The SMILES string of the molecule is NC(=O)c1c(F)cccc1Nc1nc(NC2CCN(S(=O)(=O)CCNC(=O)C3CCC4(CC3)CN(CCOc3cccc5c3C(=O)N(C3CCC(=O)NC3=O)C5=O)C4)CC2)ncc1Br. The molecule has 1 aromatic heterocycles. The highest BCUT2D eigenvalue weighted by molar-refractivity contribution is 9.10. The molecule has 3 aromatic rings. The van der Waals surface area contributed by atoms with Gasteiger partial charge in [0, 0.05) is 63.8 Å². The van der Waals surface area contributed by atoms with Crippen LogP contribution in [0.3, 0.4) is 0 Å². The van der Waals surface area contributed by atoms with Gasteiger partial charge in [-0.2, -0.15) is 4.98 Å². The van der Waals surface area contributed by atoms with Crippen molar-refractivity contribution >= 4 is 78.8 Å². The molecular formula is C42H48BrFN10O9S. The summed E-state index contributed by atoms with van der Waals surface area (Å²) in [6, 6.07) is 7.67. The number of nitrogens with one attached hydrogen (secondary N) is 4. The second-order valence-corrected chi connectivity index (χ2v) is 19.9. The molecule has 4 aliphatic heterocycles. The first-order chi connectivity index (χ1) is 30.6. The lowest BCUT2D eigenvalue weighted by Crippen LogP contribution is -2.58. The first kappa shape index (κ1) is 45.0. The number of hydrogen-bond donors (Lipinski definition) is 5. The number of rotatable bonds is 15. The minimum Gasteiger partial charge on any atom is -0.491 e. The molecule has 8 rings (SSSR count). The van der Waals surface area contributed by atoms with E-state index < -0.39 is 51.4 Å². The number of fused-ring (bicyclic) bond motifs is 1. The molecule has 1 saturated carbocycles. The molecule has 340 valence electrons. The third-order valence-electron chi connectivity index (χ3n) is 12.7. The Bertz CT molecular complexity index is 2490. The zero-order valence-electron chi connectivity index (χ0n) is 34.7. The van der Waals surface area contributed by atoms with E-state index >= 15 is 0 Å². The van der Waals surface area contributed by atoms with Crippen LogP contribution in [-0.2, 0) is 24.4 Å². The number of benzene rings is 2. The molecule has 1 spiro atoms. The summed E-state index contributed by atoms with van der Waals surface area (Å²) in [5.41, 5.74) is 5.60. The summed E-state index contributed by atoms with van der Waals surface area (Å²) >= 11 is 3.36. The van der Waals surface area contributed by atoms with Crippen LogP contribution in [0.5, 0.6) is 5.75 Å². The van der Waals surface area contributed by atoms with Gasteiger partial charge >= 0.3 is 0 Å². The van der Waals surface area contributed by atoms with Gasteiger partial charge in [-0.15, -0.1) is 0 Å². The monoisotopic (exact) mass is 966 g/mol. The number of sulfonamides is 1. The highest BCUT2D eigenvalue weighted by atomic mass is 79.9. The predicted molar refractivity (Wildman–Crippen MR) is 232 cm³/mol. The first-order valence-corrected chi connectivity index (χ1v) is 23.6. The van der Waals surface area contributed by atoms with Crippen molar-refractivity contribution in [2.75, 3.05) is 62.3 Å². The number of imide groups is 2. The molecule has 1 aliphatic carbocycles. The molecular weight excluding hydrogens is 919 g/mol. The molecule has 1 unspecified atom stereocenters. The molecule has 3 saturated heterocycles. The number of piperidine rings is 2. The number of carbonyl (C=O) groups is 6. The number of anilines is 3. The van der Waals surface area contributed by atoms with Gasteiger partial charge in [-0.25, -0.2) is 22.1 Å². The Morgan fingerprint density at radius 1 is 1.00 bits per heavy atom. The Morgan fingerprint density at radius 2 is 1.73 bits per heavy atom. The highest BCUT2D eigenvalue weighted by Crippen LogP contribution is 2.45. The third-order valence-corrected chi connectivity index (χ3v) is 15.2. The summed E-state index contributed by atoms with van der Waals surface area (Å²) in [6.07, 6.45) is 5.74. The lowest BCUT2D eigenvalue weighted by Gasteiger charge is -2.53. The smallest absolute Gasteiger partial charge is 0.266 e. The van der Waals surface area contributed by atoms with Gasteiger partial charge in [-0.05, 0) is 90.6 Å². The fraction of sp³-hybridized carbons (Fsp3) is 0.476. The molecule has 0 radical (unpaired) electrons. The number of amides is 6. The Hall–Kier alpha value is -5.58. The van der Waals surface area contributed by atoms with E-state index in [9.17, 15) is 41.6 Å². The van der Waals surface area contributed by atoms with Gasteiger partial charge in [0.2, 0.25) is 33.7 Å². The summed E-state index contributed by atoms with van der Waals surface area (Å²) in [5, 5.41) is 11.2. The number of likely N-dealkylation sites (tertiary alicyclic amines) is 1. The summed E-state index contributed by atoms with van der Waals surface area (Å²) in [6.45, 7) is 3.11. The average molecular weight is 968 g/mol. The molecule has 1 atom stereocenters. The van der Waals surface area contributed by atoms with Crippen LogP contribution in [0.2, 0.25) is 0 Å². The van der Waals surface area contributed by atoms with Gasteiger partial charge in [0.05, 0.1) is 32.6 Å².